The van der Waals surface area contributed by atoms with Crippen LogP contribution >= 0.6 is 0 Å². The lowest BCUT2D eigenvalue weighted by atomic mass is 9.89. The first-order valence-corrected chi connectivity index (χ1v) is 19.5. The Morgan fingerprint density at radius 2 is 1.43 bits per heavy atom. The zero-order valence-electron chi connectivity index (χ0n) is 33.7. The minimum Gasteiger partial charge on any atom is -0.481 e. The van der Waals surface area contributed by atoms with E-state index in [1.165, 1.54) is 25.3 Å². The van der Waals surface area contributed by atoms with Crippen molar-refractivity contribution in [2.45, 2.75) is 109 Å². The average molecular weight is 857 g/mol. The monoisotopic (exact) mass is 856 g/mol. The SMILES string of the molecule is CC(=O)[C@H](CCC(=O)O)CC(=O)[C@H](CCC(=O)NC[C@H](O)[C@@H](O)[C@H](O)[C@H](O)CO)NC(=O)CC[C@H](CC(=O)c1ccc(CCc2cnc3nc(C)[nH]c(=O)c3n2)cc1)C(=O)O. The first-order chi connectivity index (χ1) is 28.8. The number of carbonyl (C=O) groups excluding carboxylic acids is 5. The van der Waals surface area contributed by atoms with Gasteiger partial charge in [-0.25, -0.2) is 15.0 Å². The number of nitrogens with one attached hydrogen (secondary N) is 3. The zero-order chi connectivity index (χ0) is 45.4. The molecule has 0 spiro atoms. The predicted molar refractivity (Wildman–Crippen MR) is 212 cm³/mol. The van der Waals surface area contributed by atoms with Crippen molar-refractivity contribution in [3.05, 3.63) is 63.5 Å². The van der Waals surface area contributed by atoms with E-state index < -0.39 is 134 Å². The highest BCUT2D eigenvalue weighted by molar-refractivity contribution is 5.98. The van der Waals surface area contributed by atoms with E-state index in [1.54, 1.807) is 19.1 Å². The summed E-state index contributed by atoms with van der Waals surface area (Å²) in [7, 11) is 0. The Morgan fingerprint density at radius 1 is 0.787 bits per heavy atom. The highest BCUT2D eigenvalue weighted by Gasteiger charge is 2.31. The van der Waals surface area contributed by atoms with Gasteiger partial charge in [-0.05, 0) is 51.5 Å². The number of hydrogen-bond donors (Lipinski definition) is 10. The Morgan fingerprint density at radius 3 is 2.05 bits per heavy atom. The number of aromatic nitrogens is 4. The summed E-state index contributed by atoms with van der Waals surface area (Å²) in [5.74, 6) is -7.76. The number of Topliss-reactive ketones (excluding diaryl/α,β-unsaturated/α-hetero) is 3. The van der Waals surface area contributed by atoms with E-state index >= 15 is 0 Å². The van der Waals surface area contributed by atoms with Gasteiger partial charge in [-0.3, -0.25) is 38.4 Å². The second-order valence-corrected chi connectivity index (χ2v) is 14.8. The number of ketones is 3. The van der Waals surface area contributed by atoms with Crippen LogP contribution in [0, 0.1) is 18.8 Å². The molecule has 0 aliphatic heterocycles. The third-order valence-corrected chi connectivity index (χ3v) is 9.98. The molecule has 21 nitrogen and oxygen atoms in total. The molecule has 0 saturated heterocycles. The van der Waals surface area contributed by atoms with Crippen LogP contribution in [-0.2, 0) is 41.6 Å². The van der Waals surface area contributed by atoms with Gasteiger partial charge in [0.25, 0.3) is 5.56 Å². The smallest absolute Gasteiger partial charge is 0.306 e. The molecule has 21 heteroatoms. The molecule has 2 amide bonds. The van der Waals surface area contributed by atoms with E-state index in [-0.39, 0.29) is 36.0 Å². The number of benzene rings is 1. The number of aliphatic hydroxyl groups is 5. The summed E-state index contributed by atoms with van der Waals surface area (Å²) in [6.45, 7) is 1.27. The summed E-state index contributed by atoms with van der Waals surface area (Å²) in [4.78, 5) is 115. The number of amides is 2. The average Bonchev–Trinajstić information content (AvgIpc) is 3.22. The molecule has 2 heterocycles. The van der Waals surface area contributed by atoms with E-state index in [0.29, 0.717) is 24.4 Å². The van der Waals surface area contributed by atoms with Crippen LogP contribution in [0.1, 0.15) is 85.7 Å². The van der Waals surface area contributed by atoms with Gasteiger partial charge in [0.05, 0.1) is 36.6 Å². The molecule has 61 heavy (non-hydrogen) atoms. The van der Waals surface area contributed by atoms with Crippen LogP contribution in [0.3, 0.4) is 0 Å². The summed E-state index contributed by atoms with van der Waals surface area (Å²) in [5, 5.41) is 71.9. The van der Waals surface area contributed by atoms with Gasteiger partial charge < -0.3 is 51.4 Å². The van der Waals surface area contributed by atoms with Gasteiger partial charge in [-0.2, -0.15) is 0 Å². The fourth-order valence-electron chi connectivity index (χ4n) is 6.25. The number of aliphatic hydroxyl groups excluding tert-OH is 5. The molecule has 2 aromatic heterocycles. The van der Waals surface area contributed by atoms with Gasteiger partial charge in [-0.1, -0.05) is 24.3 Å². The Hall–Kier alpha value is -5.87. The Kier molecular flexibility index (Phi) is 19.3. The number of rotatable bonds is 27. The van der Waals surface area contributed by atoms with Gasteiger partial charge in [0.15, 0.2) is 22.7 Å². The number of carboxylic acids is 2. The number of aliphatic carboxylic acids is 2. The molecule has 3 rings (SSSR count). The number of H-pyrrole nitrogens is 1. The van der Waals surface area contributed by atoms with Crippen LogP contribution in [0.4, 0.5) is 0 Å². The molecule has 0 radical (unpaired) electrons. The normalized spacial score (nSPS) is 14.8. The fourth-order valence-corrected chi connectivity index (χ4v) is 6.25. The van der Waals surface area contributed by atoms with Crippen molar-refractivity contribution in [3.63, 3.8) is 0 Å². The van der Waals surface area contributed by atoms with Crippen molar-refractivity contribution < 1.29 is 69.3 Å². The van der Waals surface area contributed by atoms with Crippen molar-refractivity contribution in [1.82, 2.24) is 30.6 Å². The summed E-state index contributed by atoms with van der Waals surface area (Å²) in [5.41, 5.74) is 1.55. The van der Waals surface area contributed by atoms with E-state index in [9.17, 15) is 63.9 Å². The number of carboxylic acid groups (broad SMARTS) is 2. The fraction of sp³-hybridized carbons (Fsp3) is 0.525. The van der Waals surface area contributed by atoms with Gasteiger partial charge in [0.2, 0.25) is 11.8 Å². The number of nitrogens with zero attached hydrogens (tertiary/aromatic N) is 3. The molecule has 0 aliphatic carbocycles. The largest absolute Gasteiger partial charge is 0.481 e. The second kappa shape index (κ2) is 23.8. The molecule has 332 valence electrons. The van der Waals surface area contributed by atoms with E-state index in [0.717, 1.165) is 5.56 Å². The second-order valence-electron chi connectivity index (χ2n) is 14.8. The molecule has 0 aliphatic rings. The van der Waals surface area contributed by atoms with Crippen LogP contribution in [0.2, 0.25) is 0 Å². The van der Waals surface area contributed by atoms with Crippen LogP contribution in [-0.4, -0.2) is 140 Å². The summed E-state index contributed by atoms with van der Waals surface area (Å²) in [6, 6.07) is 5.07. The summed E-state index contributed by atoms with van der Waals surface area (Å²) in [6.07, 6.45) is -8.13. The summed E-state index contributed by atoms with van der Waals surface area (Å²) >= 11 is 0. The van der Waals surface area contributed by atoms with Gasteiger partial charge in [0, 0.05) is 50.1 Å². The number of carbonyl (C=O) groups is 7. The lowest BCUT2D eigenvalue weighted by molar-refractivity contribution is -0.142. The maximum Gasteiger partial charge on any atom is 0.306 e. The first kappa shape index (κ1) is 49.5. The highest BCUT2D eigenvalue weighted by Crippen LogP contribution is 2.19. The number of fused-ring (bicyclic) bond motifs is 1. The number of hydrogen-bond acceptors (Lipinski definition) is 16. The quantitative estimate of drug-likeness (QED) is 0.0399. The van der Waals surface area contributed by atoms with Crippen molar-refractivity contribution in [1.29, 1.82) is 0 Å². The molecule has 1 aromatic carbocycles. The third kappa shape index (κ3) is 15.9. The van der Waals surface area contributed by atoms with Crippen molar-refractivity contribution >= 4 is 52.3 Å². The molecular formula is C40H52N6O15. The molecule has 10 N–H and O–H groups in total. The van der Waals surface area contributed by atoms with Crippen molar-refractivity contribution in [2.24, 2.45) is 11.8 Å². The molecule has 3 aromatic rings. The topological polar surface area (TPSA) is 357 Å². The van der Waals surface area contributed by atoms with Gasteiger partial charge >= 0.3 is 11.9 Å². The third-order valence-electron chi connectivity index (χ3n) is 9.98. The highest BCUT2D eigenvalue weighted by atomic mass is 16.4. The van der Waals surface area contributed by atoms with E-state index in [2.05, 4.69) is 30.6 Å². The minimum atomic E-state index is -1.96. The van der Waals surface area contributed by atoms with Gasteiger partial charge in [-0.15, -0.1) is 0 Å². The number of aryl methyl sites for hydroxylation is 3. The van der Waals surface area contributed by atoms with Crippen LogP contribution in [0.25, 0.3) is 11.2 Å². The molecule has 7 atom stereocenters. The zero-order valence-corrected chi connectivity index (χ0v) is 33.7. The van der Waals surface area contributed by atoms with Crippen LogP contribution in [0.5, 0.6) is 0 Å². The lowest BCUT2D eigenvalue weighted by Crippen LogP contribution is -2.49. The summed E-state index contributed by atoms with van der Waals surface area (Å²) < 4.78 is 0. The lowest BCUT2D eigenvalue weighted by Gasteiger charge is -2.25. The molecular weight excluding hydrogens is 804 g/mol. The molecule has 0 unspecified atom stereocenters. The number of aromatic amines is 1. The Bertz CT molecular complexity index is 2090. The van der Waals surface area contributed by atoms with Crippen molar-refractivity contribution in [3.8, 4) is 0 Å². The maximum atomic E-state index is 13.4. The first-order valence-electron chi connectivity index (χ1n) is 19.5. The van der Waals surface area contributed by atoms with Crippen molar-refractivity contribution in [2.75, 3.05) is 13.2 Å². The standard InChI is InChI=1S/C40H52N6O15/c1-20(48)24(9-14-34(55)56)15-29(50)27(11-13-32(53)41-18-30(51)36(57)37(58)31(52)19-47)46-33(54)12-8-25(40(60)61)16-28(49)23-6-3-22(4-7-23)5-10-26-17-42-38-35(45-26)39(59)44-21(2)43-38/h3-4,6-7,17,24-25,27,30-31,36-37,47,51-52,57-58H,5,8-16,18-19H2,1-2H3,(H,41,53)(H,46,54)(H,55,56)(H,60,61)(H,42,43,44,59)/t24-,25-,27+,30+,31-,36-,37-/m1/s1. The minimum absolute atomic E-state index is 0.116. The van der Waals surface area contributed by atoms with Crippen LogP contribution in [0.15, 0.2) is 35.3 Å². The molecule has 0 fully saturated rings. The molecule has 0 bridgehead atoms. The Balaban J connectivity index is 1.61. The molecule has 0 saturated carbocycles. The van der Waals surface area contributed by atoms with Crippen LogP contribution < -0.4 is 16.2 Å². The van der Waals surface area contributed by atoms with Gasteiger partial charge in [0.1, 0.15) is 29.9 Å². The Labute approximate surface area is 348 Å². The predicted octanol–water partition coefficient (Wildman–Crippen LogP) is -1.29. The maximum absolute atomic E-state index is 13.4. The van der Waals surface area contributed by atoms with E-state index in [4.69, 9.17) is 10.2 Å². The van der Waals surface area contributed by atoms with E-state index in [1.807, 2.05) is 0 Å².